The first-order valence-electron chi connectivity index (χ1n) is 8.75. The number of amides is 1. The Morgan fingerprint density at radius 1 is 1.04 bits per heavy atom. The van der Waals surface area contributed by atoms with Gasteiger partial charge in [-0.3, -0.25) is 9.59 Å². The Bertz CT molecular complexity index is 1120. The first-order chi connectivity index (χ1) is 13.6. The molecular weight excluding hydrogens is 358 g/mol. The Morgan fingerprint density at radius 2 is 1.82 bits per heavy atom. The van der Waals surface area contributed by atoms with Gasteiger partial charge < -0.3 is 14.8 Å². The number of rotatable bonds is 5. The van der Waals surface area contributed by atoms with Crippen molar-refractivity contribution in [3.05, 3.63) is 71.3 Å². The third-order valence-corrected chi connectivity index (χ3v) is 4.71. The minimum Gasteiger partial charge on any atom is -0.496 e. The fourth-order valence-corrected chi connectivity index (χ4v) is 3.32. The van der Waals surface area contributed by atoms with E-state index in [1.807, 2.05) is 18.2 Å². The molecule has 6 nitrogen and oxygen atoms in total. The van der Waals surface area contributed by atoms with Crippen LogP contribution in [0.4, 0.5) is 5.69 Å². The quantitative estimate of drug-likeness (QED) is 0.546. The monoisotopic (exact) mass is 375 g/mol. The number of hydrogen-bond acceptors (Lipinski definition) is 5. The summed E-state index contributed by atoms with van der Waals surface area (Å²) in [4.78, 5) is 36.4. The highest BCUT2D eigenvalue weighted by Crippen LogP contribution is 2.29. The van der Waals surface area contributed by atoms with Gasteiger partial charge in [-0.05, 0) is 41.3 Å². The number of anilines is 1. The molecule has 28 heavy (non-hydrogen) atoms. The van der Waals surface area contributed by atoms with Crippen molar-refractivity contribution >= 4 is 34.1 Å². The highest BCUT2D eigenvalue weighted by atomic mass is 16.5. The predicted octanol–water partition coefficient (Wildman–Crippen LogP) is 3.38. The Morgan fingerprint density at radius 3 is 2.61 bits per heavy atom. The maximum atomic E-state index is 12.6. The molecule has 0 radical (unpaired) electrons. The number of fused-ring (bicyclic) bond motifs is 2. The first-order valence-corrected chi connectivity index (χ1v) is 8.75. The van der Waals surface area contributed by atoms with E-state index in [1.165, 1.54) is 0 Å². The topological polar surface area (TPSA) is 81.7 Å². The third kappa shape index (κ3) is 3.20. The average Bonchev–Trinajstić information content (AvgIpc) is 3.10. The Labute approximate surface area is 161 Å². The van der Waals surface area contributed by atoms with Crippen molar-refractivity contribution < 1.29 is 23.9 Å². The van der Waals surface area contributed by atoms with E-state index in [1.54, 1.807) is 43.5 Å². The maximum Gasteiger partial charge on any atom is 0.339 e. The summed E-state index contributed by atoms with van der Waals surface area (Å²) >= 11 is 0. The molecule has 1 aliphatic heterocycles. The molecule has 0 saturated carbocycles. The maximum absolute atomic E-state index is 12.6. The SMILES string of the molecule is COc1ccc(C(=O)OCC(=O)c2ccc3c(c2)CC(=O)N3)c2ccccc12. The van der Waals surface area contributed by atoms with E-state index in [2.05, 4.69) is 5.32 Å². The zero-order valence-electron chi connectivity index (χ0n) is 15.2. The van der Waals surface area contributed by atoms with Crippen LogP contribution in [0.3, 0.4) is 0 Å². The summed E-state index contributed by atoms with van der Waals surface area (Å²) in [6.45, 7) is -0.376. The predicted molar refractivity (Wildman–Crippen MR) is 104 cm³/mol. The molecule has 4 rings (SSSR count). The summed E-state index contributed by atoms with van der Waals surface area (Å²) in [5, 5.41) is 4.20. The molecule has 0 aromatic heterocycles. The summed E-state index contributed by atoms with van der Waals surface area (Å²) in [6, 6.07) is 15.6. The molecule has 0 atom stereocenters. The minimum atomic E-state index is -0.579. The van der Waals surface area contributed by atoms with Crippen LogP contribution in [-0.2, 0) is 16.0 Å². The van der Waals surface area contributed by atoms with Gasteiger partial charge in [0.1, 0.15) is 5.75 Å². The van der Waals surface area contributed by atoms with Crippen molar-refractivity contribution in [1.82, 2.24) is 0 Å². The molecule has 140 valence electrons. The van der Waals surface area contributed by atoms with Crippen molar-refractivity contribution in [2.24, 2.45) is 0 Å². The number of carbonyl (C=O) groups excluding carboxylic acids is 3. The molecule has 0 aliphatic carbocycles. The minimum absolute atomic E-state index is 0.0996. The Hall–Kier alpha value is -3.67. The van der Waals surface area contributed by atoms with Gasteiger partial charge in [-0.1, -0.05) is 24.3 Å². The van der Waals surface area contributed by atoms with E-state index in [4.69, 9.17) is 9.47 Å². The fourth-order valence-electron chi connectivity index (χ4n) is 3.32. The summed E-state index contributed by atoms with van der Waals surface area (Å²) in [7, 11) is 1.57. The van der Waals surface area contributed by atoms with E-state index in [9.17, 15) is 14.4 Å². The van der Waals surface area contributed by atoms with E-state index >= 15 is 0 Å². The molecule has 0 bridgehead atoms. The number of ether oxygens (including phenoxy) is 2. The lowest BCUT2D eigenvalue weighted by atomic mass is 10.0. The zero-order valence-corrected chi connectivity index (χ0v) is 15.2. The molecule has 1 aliphatic rings. The second-order valence-corrected chi connectivity index (χ2v) is 6.46. The van der Waals surface area contributed by atoms with Gasteiger partial charge in [0.15, 0.2) is 12.4 Å². The van der Waals surface area contributed by atoms with Crippen LogP contribution in [0.5, 0.6) is 5.75 Å². The van der Waals surface area contributed by atoms with Crippen LogP contribution in [0.15, 0.2) is 54.6 Å². The van der Waals surface area contributed by atoms with Crippen molar-refractivity contribution in [2.45, 2.75) is 6.42 Å². The highest BCUT2D eigenvalue weighted by molar-refractivity contribution is 6.08. The standard InChI is InChI=1S/C22H17NO5/c1-27-20-9-7-17(15-4-2-3-5-16(15)20)22(26)28-12-19(24)13-6-8-18-14(10-13)11-21(25)23-18/h2-10H,11-12H2,1H3,(H,23,25). The van der Waals surface area contributed by atoms with Crippen LogP contribution in [-0.4, -0.2) is 31.4 Å². The molecule has 0 spiro atoms. The third-order valence-electron chi connectivity index (χ3n) is 4.71. The summed E-state index contributed by atoms with van der Waals surface area (Å²) in [5.41, 5.74) is 2.25. The van der Waals surface area contributed by atoms with E-state index < -0.39 is 5.97 Å². The number of Topliss-reactive ketones (excluding diaryl/α,β-unsaturated/α-hetero) is 1. The van der Waals surface area contributed by atoms with Gasteiger partial charge in [0.25, 0.3) is 0 Å². The van der Waals surface area contributed by atoms with Gasteiger partial charge in [0.05, 0.1) is 19.1 Å². The van der Waals surface area contributed by atoms with Crippen LogP contribution in [0.2, 0.25) is 0 Å². The summed E-state index contributed by atoms with van der Waals surface area (Å²) < 4.78 is 10.6. The van der Waals surface area contributed by atoms with Crippen molar-refractivity contribution in [2.75, 3.05) is 19.0 Å². The molecule has 3 aromatic rings. The average molecular weight is 375 g/mol. The van der Waals surface area contributed by atoms with Gasteiger partial charge in [-0.15, -0.1) is 0 Å². The molecular formula is C22H17NO5. The molecule has 0 fully saturated rings. The second-order valence-electron chi connectivity index (χ2n) is 6.46. The van der Waals surface area contributed by atoms with Crippen LogP contribution in [0, 0.1) is 0 Å². The molecule has 6 heteroatoms. The second kappa shape index (κ2) is 7.15. The molecule has 0 saturated heterocycles. The normalized spacial score (nSPS) is 12.4. The fraction of sp³-hybridized carbons (Fsp3) is 0.136. The van der Waals surface area contributed by atoms with Crippen LogP contribution in [0.25, 0.3) is 10.8 Å². The lowest BCUT2D eigenvalue weighted by molar-refractivity contribution is -0.115. The summed E-state index contributed by atoms with van der Waals surface area (Å²) in [6.07, 6.45) is 0.244. The number of esters is 1. The van der Waals surface area contributed by atoms with Gasteiger partial charge in [-0.25, -0.2) is 4.79 Å². The van der Waals surface area contributed by atoms with Crippen LogP contribution >= 0.6 is 0 Å². The lowest BCUT2D eigenvalue weighted by Crippen LogP contribution is -2.14. The van der Waals surface area contributed by atoms with Crippen LogP contribution < -0.4 is 10.1 Å². The number of ketones is 1. The molecule has 1 N–H and O–H groups in total. The van der Waals surface area contributed by atoms with E-state index in [0.29, 0.717) is 28.0 Å². The number of nitrogens with one attached hydrogen (secondary N) is 1. The van der Waals surface area contributed by atoms with Gasteiger partial charge >= 0.3 is 5.97 Å². The van der Waals surface area contributed by atoms with Crippen molar-refractivity contribution in [3.8, 4) is 5.75 Å². The number of methoxy groups -OCH3 is 1. The number of hydrogen-bond donors (Lipinski definition) is 1. The molecule has 0 unspecified atom stereocenters. The van der Waals surface area contributed by atoms with Crippen molar-refractivity contribution in [1.29, 1.82) is 0 Å². The van der Waals surface area contributed by atoms with E-state index in [0.717, 1.165) is 10.9 Å². The molecule has 1 amide bonds. The number of carbonyl (C=O) groups is 3. The highest BCUT2D eigenvalue weighted by Gasteiger charge is 2.20. The van der Waals surface area contributed by atoms with Crippen LogP contribution in [0.1, 0.15) is 26.3 Å². The molecule has 3 aromatic carbocycles. The van der Waals surface area contributed by atoms with Gasteiger partial charge in [-0.2, -0.15) is 0 Å². The number of benzene rings is 3. The van der Waals surface area contributed by atoms with Gasteiger partial charge in [0.2, 0.25) is 5.91 Å². The summed E-state index contributed by atoms with van der Waals surface area (Å²) in [5.74, 6) is -0.347. The van der Waals surface area contributed by atoms with Crippen molar-refractivity contribution in [3.63, 3.8) is 0 Å². The lowest BCUT2D eigenvalue weighted by Gasteiger charge is -2.10. The first kappa shape index (κ1) is 17.7. The Balaban J connectivity index is 1.51. The largest absolute Gasteiger partial charge is 0.496 e. The van der Waals surface area contributed by atoms with E-state index in [-0.39, 0.29) is 24.7 Å². The molecule has 1 heterocycles. The Kier molecular flexibility index (Phi) is 4.53. The smallest absolute Gasteiger partial charge is 0.339 e. The zero-order chi connectivity index (χ0) is 19.7. The van der Waals surface area contributed by atoms with Gasteiger partial charge in [0, 0.05) is 16.6 Å².